The molecule has 1 atom stereocenters. The fourth-order valence-electron chi connectivity index (χ4n) is 2.22. The van der Waals surface area contributed by atoms with Gasteiger partial charge < -0.3 is 15.8 Å². The van der Waals surface area contributed by atoms with Crippen LogP contribution in [-0.4, -0.2) is 39.4 Å². The zero-order valence-corrected chi connectivity index (χ0v) is 12.6. The molecule has 0 saturated carbocycles. The first kappa shape index (κ1) is 16.5. The summed E-state index contributed by atoms with van der Waals surface area (Å²) in [6, 6.07) is -0.796. The molecule has 0 aromatic carbocycles. The monoisotopic (exact) mass is 324 g/mol. The van der Waals surface area contributed by atoms with E-state index in [9.17, 15) is 24.0 Å². The average molecular weight is 324 g/mol. The van der Waals surface area contributed by atoms with Gasteiger partial charge in [-0.05, 0) is 6.42 Å². The van der Waals surface area contributed by atoms with Crippen LogP contribution in [0, 0.1) is 0 Å². The third-order valence-corrected chi connectivity index (χ3v) is 3.61. The zero-order chi connectivity index (χ0) is 17.3. The lowest BCUT2D eigenvalue weighted by molar-refractivity contribution is -0.145. The Balaban J connectivity index is 2.16. The number of ether oxygens (including phenoxy) is 1. The number of esters is 1. The molecule has 1 fully saturated rings. The molecule has 0 radical (unpaired) electrons. The van der Waals surface area contributed by atoms with E-state index in [1.807, 2.05) is 0 Å². The minimum atomic E-state index is -0.860. The normalized spacial score (nSPS) is 17.0. The number of nitrogens with zero attached hydrogens (tertiary/aromatic N) is 2. The van der Waals surface area contributed by atoms with E-state index >= 15 is 0 Å². The first-order valence-electron chi connectivity index (χ1n) is 6.78. The Labute approximate surface area is 129 Å². The van der Waals surface area contributed by atoms with Gasteiger partial charge in [0.1, 0.15) is 17.4 Å². The zero-order valence-electron chi connectivity index (χ0n) is 12.6. The number of aromatic nitrogens is 2. The maximum atomic E-state index is 12.1. The van der Waals surface area contributed by atoms with Crippen LogP contribution in [0.15, 0.2) is 9.59 Å². The van der Waals surface area contributed by atoms with Gasteiger partial charge in [0.2, 0.25) is 11.7 Å². The highest BCUT2D eigenvalue weighted by Gasteiger charge is 2.29. The maximum absolute atomic E-state index is 12.1. The van der Waals surface area contributed by atoms with Gasteiger partial charge in [0.25, 0.3) is 5.56 Å². The smallest absolute Gasteiger partial charge is 0.332 e. The molecule has 1 aromatic rings. The summed E-state index contributed by atoms with van der Waals surface area (Å²) in [5.41, 5.74) is 3.68. The summed E-state index contributed by atoms with van der Waals surface area (Å²) in [5.74, 6) is -2.15. The minimum absolute atomic E-state index is 0.210. The van der Waals surface area contributed by atoms with Crippen LogP contribution in [0.25, 0.3) is 0 Å². The van der Waals surface area contributed by atoms with Crippen molar-refractivity contribution in [3.63, 3.8) is 0 Å². The van der Waals surface area contributed by atoms with Gasteiger partial charge in [-0.2, -0.15) is 0 Å². The predicted molar refractivity (Wildman–Crippen MR) is 77.8 cm³/mol. The van der Waals surface area contributed by atoms with E-state index in [0.29, 0.717) is 0 Å². The Bertz CT molecular complexity index is 806. The van der Waals surface area contributed by atoms with Crippen molar-refractivity contribution in [3.8, 4) is 0 Å². The lowest BCUT2D eigenvalue weighted by Gasteiger charge is -2.12. The largest absolute Gasteiger partial charge is 0.456 e. The lowest BCUT2D eigenvalue weighted by atomic mass is 10.2. The van der Waals surface area contributed by atoms with E-state index in [-0.39, 0.29) is 24.6 Å². The third kappa shape index (κ3) is 3.00. The number of hydrogen-bond donors (Lipinski definition) is 2. The molecule has 0 unspecified atom stereocenters. The summed E-state index contributed by atoms with van der Waals surface area (Å²) in [6.45, 7) is -0.706. The molecule has 3 N–H and O–H groups in total. The molecule has 1 amide bonds. The lowest BCUT2D eigenvalue weighted by Crippen LogP contribution is -2.42. The summed E-state index contributed by atoms with van der Waals surface area (Å²) in [6.07, 6.45) is 0.498. The van der Waals surface area contributed by atoms with Crippen LogP contribution in [0.5, 0.6) is 0 Å². The predicted octanol–water partition coefficient (Wildman–Crippen LogP) is -2.33. The molecule has 0 aliphatic carbocycles. The van der Waals surface area contributed by atoms with E-state index in [1.54, 1.807) is 0 Å². The molecule has 10 nitrogen and oxygen atoms in total. The molecule has 124 valence electrons. The third-order valence-electron chi connectivity index (χ3n) is 3.61. The van der Waals surface area contributed by atoms with Crippen LogP contribution in [0.1, 0.15) is 23.2 Å². The van der Waals surface area contributed by atoms with Gasteiger partial charge >= 0.3 is 11.7 Å². The number of nitrogens with two attached hydrogens (primary N) is 1. The van der Waals surface area contributed by atoms with Gasteiger partial charge in [0.05, 0.1) is 0 Å². The van der Waals surface area contributed by atoms with E-state index in [1.165, 1.54) is 14.1 Å². The first-order valence-corrected chi connectivity index (χ1v) is 6.78. The van der Waals surface area contributed by atoms with Crippen LogP contribution in [0.2, 0.25) is 0 Å². The highest BCUT2D eigenvalue weighted by molar-refractivity contribution is 6.01. The molecule has 0 bridgehead atoms. The second-order valence-electron chi connectivity index (χ2n) is 5.16. The molecular formula is C13H16N4O6. The number of ketones is 1. The number of nitrogen functional groups attached to an aromatic ring is 1. The molecule has 2 rings (SSSR count). The van der Waals surface area contributed by atoms with Crippen LogP contribution >= 0.6 is 0 Å². The van der Waals surface area contributed by atoms with Crippen LogP contribution in [0.4, 0.5) is 5.82 Å². The van der Waals surface area contributed by atoms with Crippen LogP contribution < -0.4 is 22.3 Å². The Morgan fingerprint density at radius 3 is 2.48 bits per heavy atom. The van der Waals surface area contributed by atoms with Crippen molar-refractivity contribution in [1.29, 1.82) is 0 Å². The Morgan fingerprint density at radius 1 is 1.26 bits per heavy atom. The Hall–Kier alpha value is -2.91. The molecule has 10 heteroatoms. The summed E-state index contributed by atoms with van der Waals surface area (Å²) in [7, 11) is 2.52. The SMILES string of the molecule is Cn1c(N)c(C(=O)COC(=O)[C@@H]2CCC(=O)N2)c(=O)n(C)c1=O. The standard InChI is InChI=1S/C13H16N4O6/c1-16-10(14)9(11(20)17(2)13(16)22)7(18)5-23-12(21)6-3-4-8(19)15-6/h6H,3-5,14H2,1-2H3,(H,15,19)/t6-/m0/s1. The topological polar surface area (TPSA) is 142 Å². The van der Waals surface area contributed by atoms with Crippen molar-refractivity contribution in [1.82, 2.24) is 14.5 Å². The fourth-order valence-corrected chi connectivity index (χ4v) is 2.22. The average Bonchev–Trinajstić information content (AvgIpc) is 2.95. The summed E-state index contributed by atoms with van der Waals surface area (Å²) >= 11 is 0. The molecular weight excluding hydrogens is 308 g/mol. The van der Waals surface area contributed by atoms with Gasteiger partial charge in [0, 0.05) is 20.5 Å². The van der Waals surface area contributed by atoms with Crippen molar-refractivity contribution >= 4 is 23.5 Å². The number of rotatable bonds is 4. The molecule has 1 aliphatic heterocycles. The van der Waals surface area contributed by atoms with Crippen molar-refractivity contribution in [3.05, 3.63) is 26.4 Å². The minimum Gasteiger partial charge on any atom is -0.456 e. The second kappa shape index (κ2) is 6.07. The molecule has 1 aromatic heterocycles. The van der Waals surface area contributed by atoms with Gasteiger partial charge in [-0.3, -0.25) is 23.5 Å². The molecule has 0 spiro atoms. The number of Topliss-reactive ketones (excluding diaryl/α,β-unsaturated/α-hetero) is 1. The summed E-state index contributed by atoms with van der Waals surface area (Å²) < 4.78 is 6.51. The number of carbonyl (C=O) groups is 3. The van der Waals surface area contributed by atoms with E-state index in [0.717, 1.165) is 9.13 Å². The highest BCUT2D eigenvalue weighted by atomic mass is 16.5. The Morgan fingerprint density at radius 2 is 1.91 bits per heavy atom. The Kier molecular flexibility index (Phi) is 4.34. The molecule has 23 heavy (non-hydrogen) atoms. The maximum Gasteiger partial charge on any atom is 0.332 e. The van der Waals surface area contributed by atoms with E-state index in [2.05, 4.69) is 5.32 Å². The highest BCUT2D eigenvalue weighted by Crippen LogP contribution is 2.09. The first-order chi connectivity index (χ1) is 10.7. The van der Waals surface area contributed by atoms with Crippen molar-refractivity contribution in [2.45, 2.75) is 18.9 Å². The van der Waals surface area contributed by atoms with Crippen LogP contribution in [-0.2, 0) is 28.4 Å². The summed E-state index contributed by atoms with van der Waals surface area (Å²) in [5, 5.41) is 2.40. The number of hydrogen-bond acceptors (Lipinski definition) is 7. The van der Waals surface area contributed by atoms with Gasteiger partial charge in [-0.25, -0.2) is 9.59 Å². The van der Waals surface area contributed by atoms with E-state index in [4.69, 9.17) is 10.5 Å². The van der Waals surface area contributed by atoms with Crippen molar-refractivity contribution in [2.75, 3.05) is 12.3 Å². The van der Waals surface area contributed by atoms with Gasteiger partial charge in [0.15, 0.2) is 6.61 Å². The van der Waals surface area contributed by atoms with Gasteiger partial charge in [-0.15, -0.1) is 0 Å². The molecule has 1 saturated heterocycles. The quantitative estimate of drug-likeness (QED) is 0.467. The van der Waals surface area contributed by atoms with Crippen molar-refractivity contribution in [2.24, 2.45) is 14.1 Å². The number of nitrogens with one attached hydrogen (secondary N) is 1. The van der Waals surface area contributed by atoms with Crippen LogP contribution in [0.3, 0.4) is 0 Å². The molecule has 1 aliphatic rings. The molecule has 2 heterocycles. The van der Waals surface area contributed by atoms with Crippen molar-refractivity contribution < 1.29 is 19.1 Å². The number of amides is 1. The summed E-state index contributed by atoms with van der Waals surface area (Å²) in [4.78, 5) is 58.5. The second-order valence-corrected chi connectivity index (χ2v) is 5.16. The number of carbonyl (C=O) groups excluding carboxylic acids is 3. The number of anilines is 1. The van der Waals surface area contributed by atoms with E-state index < -0.39 is 41.2 Å². The fraction of sp³-hybridized carbons (Fsp3) is 0.462. The van der Waals surface area contributed by atoms with Gasteiger partial charge in [-0.1, -0.05) is 0 Å².